The zero-order valence-electron chi connectivity index (χ0n) is 11.2. The van der Waals surface area contributed by atoms with Gasteiger partial charge in [-0.05, 0) is 79.9 Å². The summed E-state index contributed by atoms with van der Waals surface area (Å²) in [5.74, 6) is 0. The molecule has 0 spiro atoms. The van der Waals surface area contributed by atoms with Crippen molar-refractivity contribution in [3.63, 3.8) is 0 Å². The SMILES string of the molecule is Cc1cc(CNCCCN2CCCCC2)sc1Br. The second kappa shape index (κ2) is 7.63. The Morgan fingerprint density at radius 2 is 2.11 bits per heavy atom. The standard InChI is InChI=1S/C14H23BrN2S/c1-12-10-13(18-14(12)15)11-16-6-5-9-17-7-3-2-4-8-17/h10,16H,2-9,11H2,1H3. The third-order valence-electron chi connectivity index (χ3n) is 3.48. The van der Waals surface area contributed by atoms with Crippen molar-refractivity contribution in [2.75, 3.05) is 26.2 Å². The van der Waals surface area contributed by atoms with Gasteiger partial charge in [0, 0.05) is 11.4 Å². The monoisotopic (exact) mass is 330 g/mol. The highest BCUT2D eigenvalue weighted by atomic mass is 79.9. The number of hydrogen-bond acceptors (Lipinski definition) is 3. The molecule has 0 bridgehead atoms. The van der Waals surface area contributed by atoms with Crippen molar-refractivity contribution in [3.05, 3.63) is 20.3 Å². The van der Waals surface area contributed by atoms with E-state index in [4.69, 9.17) is 0 Å². The van der Waals surface area contributed by atoms with Crippen molar-refractivity contribution in [3.8, 4) is 0 Å². The van der Waals surface area contributed by atoms with Crippen LogP contribution in [-0.4, -0.2) is 31.1 Å². The minimum atomic E-state index is 1.01. The highest BCUT2D eigenvalue weighted by molar-refractivity contribution is 9.11. The second-order valence-corrected chi connectivity index (χ2v) is 7.56. The van der Waals surface area contributed by atoms with Crippen LogP contribution in [0.25, 0.3) is 0 Å². The largest absolute Gasteiger partial charge is 0.312 e. The first-order chi connectivity index (χ1) is 8.75. The molecule has 0 amide bonds. The number of halogens is 1. The Morgan fingerprint density at radius 3 is 2.78 bits per heavy atom. The van der Waals surface area contributed by atoms with Gasteiger partial charge in [-0.1, -0.05) is 6.42 Å². The van der Waals surface area contributed by atoms with Gasteiger partial charge in [-0.2, -0.15) is 0 Å². The maximum atomic E-state index is 3.57. The van der Waals surface area contributed by atoms with Gasteiger partial charge in [0.2, 0.25) is 0 Å². The average Bonchev–Trinajstić information content (AvgIpc) is 2.70. The number of likely N-dealkylation sites (tertiary alicyclic amines) is 1. The van der Waals surface area contributed by atoms with Crippen molar-refractivity contribution < 1.29 is 0 Å². The molecule has 1 aromatic rings. The predicted molar refractivity (Wildman–Crippen MR) is 83.4 cm³/mol. The number of thiophene rings is 1. The molecule has 0 aliphatic carbocycles. The van der Waals surface area contributed by atoms with Crippen LogP contribution < -0.4 is 5.32 Å². The van der Waals surface area contributed by atoms with Crippen LogP contribution in [0.2, 0.25) is 0 Å². The molecular formula is C14H23BrN2S. The van der Waals surface area contributed by atoms with Crippen molar-refractivity contribution in [1.82, 2.24) is 10.2 Å². The normalized spacial score (nSPS) is 17.2. The molecule has 0 unspecified atom stereocenters. The molecule has 1 N–H and O–H groups in total. The predicted octanol–water partition coefficient (Wildman–Crippen LogP) is 3.78. The summed E-state index contributed by atoms with van der Waals surface area (Å²) in [6, 6.07) is 2.27. The lowest BCUT2D eigenvalue weighted by Gasteiger charge is -2.26. The molecule has 0 saturated carbocycles. The number of rotatable bonds is 6. The van der Waals surface area contributed by atoms with Gasteiger partial charge in [0.15, 0.2) is 0 Å². The second-order valence-electron chi connectivity index (χ2n) is 5.10. The van der Waals surface area contributed by atoms with Gasteiger partial charge in [-0.15, -0.1) is 11.3 Å². The zero-order chi connectivity index (χ0) is 12.8. The van der Waals surface area contributed by atoms with Gasteiger partial charge in [0.25, 0.3) is 0 Å². The summed E-state index contributed by atoms with van der Waals surface area (Å²) in [6.45, 7) is 8.19. The lowest BCUT2D eigenvalue weighted by atomic mass is 10.1. The number of nitrogens with zero attached hydrogens (tertiary/aromatic N) is 1. The van der Waals surface area contributed by atoms with E-state index in [-0.39, 0.29) is 0 Å². The molecule has 0 radical (unpaired) electrons. The van der Waals surface area contributed by atoms with Gasteiger partial charge >= 0.3 is 0 Å². The molecule has 18 heavy (non-hydrogen) atoms. The van der Waals surface area contributed by atoms with Crippen LogP contribution in [0.5, 0.6) is 0 Å². The molecule has 1 saturated heterocycles. The Morgan fingerprint density at radius 1 is 1.33 bits per heavy atom. The molecule has 2 heterocycles. The minimum Gasteiger partial charge on any atom is -0.312 e. The van der Waals surface area contributed by atoms with Crippen LogP contribution in [-0.2, 0) is 6.54 Å². The molecule has 1 aliphatic heterocycles. The maximum Gasteiger partial charge on any atom is 0.0730 e. The average molecular weight is 331 g/mol. The third kappa shape index (κ3) is 4.65. The first-order valence-corrected chi connectivity index (χ1v) is 8.54. The molecule has 2 nitrogen and oxygen atoms in total. The van der Waals surface area contributed by atoms with Crippen molar-refractivity contribution in [2.24, 2.45) is 0 Å². The molecule has 1 aliphatic rings. The number of nitrogens with one attached hydrogen (secondary N) is 1. The molecule has 102 valence electrons. The van der Waals surface area contributed by atoms with E-state index in [9.17, 15) is 0 Å². The van der Waals surface area contributed by atoms with E-state index in [0.717, 1.165) is 13.1 Å². The van der Waals surface area contributed by atoms with Crippen LogP contribution in [0.15, 0.2) is 9.85 Å². The maximum absolute atomic E-state index is 3.57. The Labute approximate surface area is 123 Å². The first-order valence-electron chi connectivity index (χ1n) is 6.93. The summed E-state index contributed by atoms with van der Waals surface area (Å²) in [5.41, 5.74) is 1.35. The molecular weight excluding hydrogens is 308 g/mol. The Balaban J connectivity index is 1.55. The fraction of sp³-hybridized carbons (Fsp3) is 0.714. The fourth-order valence-electron chi connectivity index (χ4n) is 2.43. The van der Waals surface area contributed by atoms with Crippen molar-refractivity contribution in [2.45, 2.75) is 39.2 Å². The van der Waals surface area contributed by atoms with E-state index >= 15 is 0 Å². The molecule has 2 rings (SSSR count). The van der Waals surface area contributed by atoms with Crippen LogP contribution in [0, 0.1) is 6.92 Å². The van der Waals surface area contributed by atoms with Crippen LogP contribution >= 0.6 is 27.3 Å². The van der Waals surface area contributed by atoms with Crippen LogP contribution in [0.1, 0.15) is 36.1 Å². The van der Waals surface area contributed by atoms with E-state index in [2.05, 4.69) is 39.1 Å². The Kier molecular flexibility index (Phi) is 6.15. The van der Waals surface area contributed by atoms with Crippen LogP contribution in [0.4, 0.5) is 0 Å². The van der Waals surface area contributed by atoms with Crippen molar-refractivity contribution in [1.29, 1.82) is 0 Å². The van der Waals surface area contributed by atoms with Crippen LogP contribution in [0.3, 0.4) is 0 Å². The molecule has 0 aromatic carbocycles. The van der Waals surface area contributed by atoms with Gasteiger partial charge < -0.3 is 10.2 Å². The smallest absolute Gasteiger partial charge is 0.0730 e. The highest BCUT2D eigenvalue weighted by Gasteiger charge is 2.08. The Hall–Kier alpha value is 0.100. The molecule has 0 atom stereocenters. The van der Waals surface area contributed by atoms with Gasteiger partial charge in [0.05, 0.1) is 3.79 Å². The van der Waals surface area contributed by atoms with Gasteiger partial charge in [-0.25, -0.2) is 0 Å². The van der Waals surface area contributed by atoms with Gasteiger partial charge in [-0.3, -0.25) is 0 Å². The van der Waals surface area contributed by atoms with Crippen molar-refractivity contribution >= 4 is 27.3 Å². The number of aryl methyl sites for hydroxylation is 1. The number of hydrogen-bond donors (Lipinski definition) is 1. The topological polar surface area (TPSA) is 15.3 Å². The minimum absolute atomic E-state index is 1.01. The zero-order valence-corrected chi connectivity index (χ0v) is 13.6. The van der Waals surface area contributed by atoms with E-state index < -0.39 is 0 Å². The molecule has 1 fully saturated rings. The third-order valence-corrected chi connectivity index (χ3v) is 5.62. The van der Waals surface area contributed by atoms with E-state index in [1.54, 1.807) is 0 Å². The summed E-state index contributed by atoms with van der Waals surface area (Å²) in [6.07, 6.45) is 5.50. The van der Waals surface area contributed by atoms with Gasteiger partial charge in [0.1, 0.15) is 0 Å². The van der Waals surface area contributed by atoms with E-state index in [1.165, 1.54) is 59.5 Å². The summed E-state index contributed by atoms with van der Waals surface area (Å²) in [5, 5.41) is 3.54. The van der Waals surface area contributed by atoms with E-state index in [0.29, 0.717) is 0 Å². The summed E-state index contributed by atoms with van der Waals surface area (Å²) < 4.78 is 1.27. The quantitative estimate of drug-likeness (QED) is 0.798. The lowest BCUT2D eigenvalue weighted by Crippen LogP contribution is -2.32. The summed E-state index contributed by atoms with van der Waals surface area (Å²) in [4.78, 5) is 4.04. The molecule has 4 heteroatoms. The summed E-state index contributed by atoms with van der Waals surface area (Å²) >= 11 is 5.42. The van der Waals surface area contributed by atoms with E-state index in [1.807, 2.05) is 11.3 Å². The highest BCUT2D eigenvalue weighted by Crippen LogP contribution is 2.27. The molecule has 1 aromatic heterocycles. The fourth-order valence-corrected chi connectivity index (χ4v) is 4.03. The summed E-state index contributed by atoms with van der Waals surface area (Å²) in [7, 11) is 0. The number of piperidine rings is 1. The first kappa shape index (κ1) is 14.5. The Bertz CT molecular complexity index is 339. The lowest BCUT2D eigenvalue weighted by molar-refractivity contribution is 0.226.